The number of carbonyl (C=O) groups is 1. The molecule has 0 rings (SSSR count). The second kappa shape index (κ2) is 10.5. The molecule has 0 amide bonds. The monoisotopic (exact) mass is 326 g/mol. The van der Waals surface area contributed by atoms with E-state index in [2.05, 4.69) is 20.7 Å². The standard InChI is InChI=1S/C13H21BrF2O2/c1-18-12(17)10-8-6-4-2-3-5-7-9-11-13(14,15)16/h9,11H,2-8,10H2,1H3/b11-9+. The van der Waals surface area contributed by atoms with E-state index in [4.69, 9.17) is 0 Å². The van der Waals surface area contributed by atoms with Crippen LogP contribution in [0.25, 0.3) is 0 Å². The number of methoxy groups -OCH3 is 1. The highest BCUT2D eigenvalue weighted by Crippen LogP contribution is 2.23. The van der Waals surface area contributed by atoms with Gasteiger partial charge in [0.2, 0.25) is 0 Å². The predicted molar refractivity (Wildman–Crippen MR) is 72.0 cm³/mol. The van der Waals surface area contributed by atoms with Crippen molar-refractivity contribution in [1.82, 2.24) is 0 Å². The Kier molecular flexibility index (Phi) is 10.2. The lowest BCUT2D eigenvalue weighted by molar-refractivity contribution is -0.140. The zero-order valence-corrected chi connectivity index (χ0v) is 12.3. The van der Waals surface area contributed by atoms with Gasteiger partial charge >= 0.3 is 10.8 Å². The molecule has 0 aromatic rings. The fourth-order valence-corrected chi connectivity index (χ4v) is 1.74. The molecule has 0 aliphatic heterocycles. The van der Waals surface area contributed by atoms with Crippen molar-refractivity contribution in [2.45, 2.75) is 56.2 Å². The van der Waals surface area contributed by atoms with E-state index in [1.165, 1.54) is 13.2 Å². The smallest absolute Gasteiger partial charge is 0.319 e. The Hall–Kier alpha value is -0.450. The lowest BCUT2D eigenvalue weighted by atomic mass is 10.1. The maximum absolute atomic E-state index is 12.3. The summed E-state index contributed by atoms with van der Waals surface area (Å²) in [5.74, 6) is -0.157. The molecule has 18 heavy (non-hydrogen) atoms. The van der Waals surface area contributed by atoms with Gasteiger partial charge in [0.15, 0.2) is 0 Å². The minimum Gasteiger partial charge on any atom is -0.469 e. The second-order valence-electron chi connectivity index (χ2n) is 4.18. The normalized spacial score (nSPS) is 12.0. The van der Waals surface area contributed by atoms with Gasteiger partial charge in [0.1, 0.15) is 0 Å². The lowest BCUT2D eigenvalue weighted by Crippen LogP contribution is -1.99. The Morgan fingerprint density at radius 3 is 2.28 bits per heavy atom. The van der Waals surface area contributed by atoms with Crippen molar-refractivity contribution in [2.75, 3.05) is 7.11 Å². The van der Waals surface area contributed by atoms with Crippen LogP contribution in [0.5, 0.6) is 0 Å². The number of ether oxygens (including phenoxy) is 1. The minimum atomic E-state index is -2.87. The molecule has 0 radical (unpaired) electrons. The van der Waals surface area contributed by atoms with Crippen molar-refractivity contribution in [2.24, 2.45) is 0 Å². The van der Waals surface area contributed by atoms with Gasteiger partial charge in [-0.15, -0.1) is 0 Å². The van der Waals surface area contributed by atoms with Gasteiger partial charge in [-0.25, -0.2) is 0 Å². The van der Waals surface area contributed by atoms with Crippen molar-refractivity contribution < 1.29 is 18.3 Å². The number of carbonyl (C=O) groups excluding carboxylic acids is 1. The molecule has 0 aliphatic carbocycles. The van der Waals surface area contributed by atoms with Gasteiger partial charge in [-0.1, -0.05) is 31.8 Å². The summed E-state index contributed by atoms with van der Waals surface area (Å²) in [7, 11) is 1.40. The van der Waals surface area contributed by atoms with Crippen molar-refractivity contribution in [3.63, 3.8) is 0 Å². The van der Waals surface area contributed by atoms with E-state index in [0.29, 0.717) is 12.8 Å². The van der Waals surface area contributed by atoms with E-state index in [0.717, 1.165) is 44.6 Å². The molecule has 0 atom stereocenters. The predicted octanol–water partition coefficient (Wildman–Crippen LogP) is 4.82. The zero-order valence-electron chi connectivity index (χ0n) is 10.8. The quantitative estimate of drug-likeness (QED) is 0.249. The van der Waals surface area contributed by atoms with Gasteiger partial charge in [0, 0.05) is 6.42 Å². The van der Waals surface area contributed by atoms with Crippen LogP contribution in [-0.4, -0.2) is 17.9 Å². The minimum absolute atomic E-state index is 0.157. The number of allylic oxidation sites excluding steroid dienone is 2. The van der Waals surface area contributed by atoms with E-state index in [-0.39, 0.29) is 5.97 Å². The number of alkyl halides is 3. The summed E-state index contributed by atoms with van der Waals surface area (Å²) in [5, 5.41) is 0. The van der Waals surface area contributed by atoms with Crippen LogP contribution in [0, 0.1) is 0 Å². The Morgan fingerprint density at radius 1 is 1.17 bits per heavy atom. The molecule has 0 fully saturated rings. The molecule has 0 spiro atoms. The molecule has 0 saturated carbocycles. The first kappa shape index (κ1) is 17.6. The number of halogens is 3. The number of unbranched alkanes of at least 4 members (excludes halogenated alkanes) is 6. The number of hydrogen-bond donors (Lipinski definition) is 0. The maximum Gasteiger partial charge on any atom is 0.319 e. The Labute approximate surface area is 116 Å². The summed E-state index contributed by atoms with van der Waals surface area (Å²) in [6.45, 7) is 0. The largest absolute Gasteiger partial charge is 0.469 e. The first-order valence-corrected chi connectivity index (χ1v) is 7.06. The van der Waals surface area contributed by atoms with E-state index < -0.39 is 4.83 Å². The third kappa shape index (κ3) is 13.6. The molecule has 0 N–H and O–H groups in total. The molecule has 106 valence electrons. The molecule has 2 nitrogen and oxygen atoms in total. The maximum atomic E-state index is 12.3. The van der Waals surface area contributed by atoms with E-state index in [1.54, 1.807) is 0 Å². The summed E-state index contributed by atoms with van der Waals surface area (Å²) in [5.41, 5.74) is 0. The van der Waals surface area contributed by atoms with Gasteiger partial charge in [0.25, 0.3) is 0 Å². The summed E-state index contributed by atoms with van der Waals surface area (Å²) in [6, 6.07) is 0. The molecule has 0 bridgehead atoms. The van der Waals surface area contributed by atoms with E-state index in [9.17, 15) is 13.6 Å². The van der Waals surface area contributed by atoms with Crippen LogP contribution in [0.15, 0.2) is 12.2 Å². The SMILES string of the molecule is COC(=O)CCCCCCCC/C=C/C(F)(F)Br. The number of hydrogen-bond acceptors (Lipinski definition) is 2. The molecule has 5 heteroatoms. The summed E-state index contributed by atoms with van der Waals surface area (Å²) in [4.78, 5) is 7.93. The highest BCUT2D eigenvalue weighted by molar-refractivity contribution is 9.10. The summed E-state index contributed by atoms with van der Waals surface area (Å²) in [6.07, 6.45) is 9.56. The topological polar surface area (TPSA) is 26.3 Å². The molecule has 0 heterocycles. The average Bonchev–Trinajstić information content (AvgIpc) is 2.29. The molecule has 0 aliphatic rings. The molecule has 0 unspecified atom stereocenters. The van der Waals surface area contributed by atoms with Gasteiger partial charge < -0.3 is 4.74 Å². The van der Waals surface area contributed by atoms with Crippen LogP contribution in [-0.2, 0) is 9.53 Å². The van der Waals surface area contributed by atoms with Crippen molar-refractivity contribution in [3.05, 3.63) is 12.2 Å². The highest BCUT2D eigenvalue weighted by Gasteiger charge is 2.17. The van der Waals surface area contributed by atoms with Crippen LogP contribution in [0.3, 0.4) is 0 Å². The van der Waals surface area contributed by atoms with Gasteiger partial charge in [-0.3, -0.25) is 4.79 Å². The van der Waals surface area contributed by atoms with Crippen LogP contribution in [0.2, 0.25) is 0 Å². The van der Waals surface area contributed by atoms with Crippen LogP contribution >= 0.6 is 15.9 Å². The third-order valence-corrected chi connectivity index (χ3v) is 2.80. The van der Waals surface area contributed by atoms with Crippen LogP contribution in [0.4, 0.5) is 8.78 Å². The highest BCUT2D eigenvalue weighted by atomic mass is 79.9. The number of rotatable bonds is 10. The molecular formula is C13H21BrF2O2. The second-order valence-corrected chi connectivity index (χ2v) is 5.24. The fourth-order valence-electron chi connectivity index (χ4n) is 1.56. The molecular weight excluding hydrogens is 306 g/mol. The first-order chi connectivity index (χ1) is 8.45. The van der Waals surface area contributed by atoms with Crippen LogP contribution < -0.4 is 0 Å². The summed E-state index contributed by atoms with van der Waals surface area (Å²) >= 11 is 2.25. The van der Waals surface area contributed by atoms with Crippen molar-refractivity contribution >= 4 is 21.9 Å². The third-order valence-electron chi connectivity index (χ3n) is 2.54. The average molecular weight is 327 g/mol. The Bertz CT molecular complexity index is 250. The first-order valence-electron chi connectivity index (χ1n) is 6.27. The Balaban J connectivity index is 3.22. The zero-order chi connectivity index (χ0) is 13.9. The van der Waals surface area contributed by atoms with Crippen molar-refractivity contribution in [1.29, 1.82) is 0 Å². The molecule has 0 saturated heterocycles. The van der Waals surface area contributed by atoms with Crippen molar-refractivity contribution in [3.8, 4) is 0 Å². The van der Waals surface area contributed by atoms with Gasteiger partial charge in [-0.2, -0.15) is 8.78 Å². The lowest BCUT2D eigenvalue weighted by Gasteiger charge is -2.01. The van der Waals surface area contributed by atoms with E-state index >= 15 is 0 Å². The summed E-state index contributed by atoms with van der Waals surface area (Å²) < 4.78 is 29.2. The Morgan fingerprint density at radius 2 is 1.72 bits per heavy atom. The molecule has 0 aromatic carbocycles. The van der Waals surface area contributed by atoms with Crippen LogP contribution in [0.1, 0.15) is 51.4 Å². The fraction of sp³-hybridized carbons (Fsp3) is 0.769. The van der Waals surface area contributed by atoms with Gasteiger partial charge in [-0.05, 0) is 41.3 Å². The number of esters is 1. The molecule has 0 aromatic heterocycles. The van der Waals surface area contributed by atoms with E-state index in [1.807, 2.05) is 0 Å². The van der Waals surface area contributed by atoms with Gasteiger partial charge in [0.05, 0.1) is 7.11 Å².